The standard InChI is InChI=1S/C19H26N2/c1-3-4-7-17-9-11-18(12-10-17)16(2)20-15-13-19-8-5-6-14-21-19/h5-6,8-12,14,16,20H,3-4,7,13,15H2,1-2H3. The molecule has 112 valence electrons. The minimum absolute atomic E-state index is 0.383. The Labute approximate surface area is 128 Å². The molecule has 1 N–H and O–H groups in total. The second-order valence-electron chi connectivity index (χ2n) is 5.59. The summed E-state index contributed by atoms with van der Waals surface area (Å²) in [6.45, 7) is 5.41. The maximum Gasteiger partial charge on any atom is 0.0416 e. The van der Waals surface area contributed by atoms with Gasteiger partial charge in [-0.3, -0.25) is 4.98 Å². The Morgan fingerprint density at radius 2 is 1.86 bits per heavy atom. The van der Waals surface area contributed by atoms with E-state index in [1.807, 2.05) is 18.3 Å². The summed E-state index contributed by atoms with van der Waals surface area (Å²) in [5.41, 5.74) is 3.95. The van der Waals surface area contributed by atoms with Crippen LogP contribution in [0, 0.1) is 0 Å². The van der Waals surface area contributed by atoms with Crippen LogP contribution in [0.3, 0.4) is 0 Å². The minimum Gasteiger partial charge on any atom is -0.310 e. The minimum atomic E-state index is 0.383. The van der Waals surface area contributed by atoms with Gasteiger partial charge in [0.25, 0.3) is 0 Å². The lowest BCUT2D eigenvalue weighted by Gasteiger charge is -2.14. The summed E-state index contributed by atoms with van der Waals surface area (Å²) in [7, 11) is 0. The van der Waals surface area contributed by atoms with Gasteiger partial charge < -0.3 is 5.32 Å². The lowest BCUT2D eigenvalue weighted by Crippen LogP contribution is -2.21. The molecule has 1 heterocycles. The van der Waals surface area contributed by atoms with E-state index in [1.54, 1.807) is 0 Å². The number of nitrogens with one attached hydrogen (secondary N) is 1. The third-order valence-corrected chi connectivity index (χ3v) is 3.86. The van der Waals surface area contributed by atoms with E-state index < -0.39 is 0 Å². The molecule has 0 aliphatic carbocycles. The van der Waals surface area contributed by atoms with Gasteiger partial charge in [-0.25, -0.2) is 0 Å². The van der Waals surface area contributed by atoms with Crippen molar-refractivity contribution in [2.24, 2.45) is 0 Å². The zero-order valence-electron chi connectivity index (χ0n) is 13.2. The molecule has 0 aliphatic rings. The van der Waals surface area contributed by atoms with Crippen LogP contribution in [0.1, 0.15) is 49.6 Å². The first-order chi connectivity index (χ1) is 10.3. The quantitative estimate of drug-likeness (QED) is 0.780. The van der Waals surface area contributed by atoms with Crippen molar-refractivity contribution in [1.82, 2.24) is 10.3 Å². The van der Waals surface area contributed by atoms with E-state index in [2.05, 4.69) is 54.5 Å². The highest BCUT2D eigenvalue weighted by atomic mass is 14.9. The van der Waals surface area contributed by atoms with Crippen molar-refractivity contribution in [3.05, 3.63) is 65.5 Å². The van der Waals surface area contributed by atoms with Gasteiger partial charge in [0, 0.05) is 30.9 Å². The van der Waals surface area contributed by atoms with E-state index in [9.17, 15) is 0 Å². The summed E-state index contributed by atoms with van der Waals surface area (Å²) in [5.74, 6) is 0. The molecule has 1 aromatic heterocycles. The Bertz CT molecular complexity index is 505. The van der Waals surface area contributed by atoms with Crippen LogP contribution in [0.25, 0.3) is 0 Å². The van der Waals surface area contributed by atoms with Gasteiger partial charge in [0.2, 0.25) is 0 Å². The van der Waals surface area contributed by atoms with Crippen molar-refractivity contribution in [3.8, 4) is 0 Å². The fourth-order valence-electron chi connectivity index (χ4n) is 2.43. The summed E-state index contributed by atoms with van der Waals surface area (Å²) < 4.78 is 0. The van der Waals surface area contributed by atoms with E-state index in [-0.39, 0.29) is 0 Å². The molecule has 2 aromatic rings. The molecule has 0 radical (unpaired) electrons. The fraction of sp³-hybridized carbons (Fsp3) is 0.421. The van der Waals surface area contributed by atoms with Gasteiger partial charge in [-0.1, -0.05) is 43.7 Å². The second kappa shape index (κ2) is 8.58. The highest BCUT2D eigenvalue weighted by molar-refractivity contribution is 5.24. The lowest BCUT2D eigenvalue weighted by molar-refractivity contribution is 0.573. The van der Waals surface area contributed by atoms with Crippen LogP contribution in [0.5, 0.6) is 0 Å². The number of aryl methyl sites for hydroxylation is 1. The maximum atomic E-state index is 4.35. The number of benzene rings is 1. The van der Waals surface area contributed by atoms with Gasteiger partial charge in [-0.05, 0) is 43.0 Å². The highest BCUT2D eigenvalue weighted by Gasteiger charge is 2.04. The summed E-state index contributed by atoms with van der Waals surface area (Å²) in [4.78, 5) is 4.35. The van der Waals surface area contributed by atoms with Crippen molar-refractivity contribution in [3.63, 3.8) is 0 Å². The van der Waals surface area contributed by atoms with Gasteiger partial charge in [0.05, 0.1) is 0 Å². The molecular weight excluding hydrogens is 256 g/mol. The van der Waals surface area contributed by atoms with Gasteiger partial charge in [0.1, 0.15) is 0 Å². The van der Waals surface area contributed by atoms with Gasteiger partial charge >= 0.3 is 0 Å². The smallest absolute Gasteiger partial charge is 0.0416 e. The number of rotatable bonds is 8. The monoisotopic (exact) mass is 282 g/mol. The van der Waals surface area contributed by atoms with Crippen molar-refractivity contribution in [1.29, 1.82) is 0 Å². The Hall–Kier alpha value is -1.67. The molecule has 0 bridgehead atoms. The molecule has 0 saturated heterocycles. The van der Waals surface area contributed by atoms with Crippen LogP contribution in [0.2, 0.25) is 0 Å². The molecule has 2 heteroatoms. The molecule has 0 saturated carbocycles. The molecule has 0 spiro atoms. The predicted octanol–water partition coefficient (Wildman–Crippen LogP) is 4.32. The SMILES string of the molecule is CCCCc1ccc(C(C)NCCc2ccccn2)cc1. The normalized spacial score (nSPS) is 12.3. The molecular formula is C19H26N2. The zero-order valence-corrected chi connectivity index (χ0v) is 13.2. The third kappa shape index (κ3) is 5.31. The Morgan fingerprint density at radius 3 is 2.52 bits per heavy atom. The average Bonchev–Trinajstić information content (AvgIpc) is 2.54. The molecule has 0 amide bonds. The number of unbranched alkanes of at least 4 members (excludes halogenated alkanes) is 1. The van der Waals surface area contributed by atoms with E-state index >= 15 is 0 Å². The van der Waals surface area contributed by atoms with Crippen LogP contribution < -0.4 is 5.32 Å². The van der Waals surface area contributed by atoms with Crippen molar-refractivity contribution in [2.75, 3.05) is 6.54 Å². The van der Waals surface area contributed by atoms with E-state index in [1.165, 1.54) is 30.4 Å². The molecule has 0 fully saturated rings. The van der Waals surface area contributed by atoms with E-state index in [4.69, 9.17) is 0 Å². The first-order valence-electron chi connectivity index (χ1n) is 8.01. The summed E-state index contributed by atoms with van der Waals surface area (Å²) >= 11 is 0. The van der Waals surface area contributed by atoms with E-state index in [0.717, 1.165) is 18.7 Å². The lowest BCUT2D eigenvalue weighted by atomic mass is 10.0. The molecule has 1 atom stereocenters. The fourth-order valence-corrected chi connectivity index (χ4v) is 2.43. The number of hydrogen-bond donors (Lipinski definition) is 1. The zero-order chi connectivity index (χ0) is 14.9. The van der Waals surface area contributed by atoms with Crippen LogP contribution in [-0.2, 0) is 12.8 Å². The first-order valence-corrected chi connectivity index (χ1v) is 8.01. The van der Waals surface area contributed by atoms with Crippen LogP contribution in [0.4, 0.5) is 0 Å². The first kappa shape index (κ1) is 15.7. The molecule has 21 heavy (non-hydrogen) atoms. The number of aromatic nitrogens is 1. The van der Waals surface area contributed by atoms with Crippen LogP contribution in [-0.4, -0.2) is 11.5 Å². The maximum absolute atomic E-state index is 4.35. The summed E-state index contributed by atoms with van der Waals surface area (Å²) in [5, 5.41) is 3.57. The van der Waals surface area contributed by atoms with Crippen LogP contribution >= 0.6 is 0 Å². The largest absolute Gasteiger partial charge is 0.310 e. The van der Waals surface area contributed by atoms with Crippen molar-refractivity contribution >= 4 is 0 Å². The predicted molar refractivity (Wildman–Crippen MR) is 89.4 cm³/mol. The molecule has 2 rings (SSSR count). The summed E-state index contributed by atoms with van der Waals surface area (Å²) in [6, 6.07) is 15.5. The third-order valence-electron chi connectivity index (χ3n) is 3.86. The Balaban J connectivity index is 1.78. The van der Waals surface area contributed by atoms with Gasteiger partial charge in [0.15, 0.2) is 0 Å². The Morgan fingerprint density at radius 1 is 1.05 bits per heavy atom. The number of hydrogen-bond acceptors (Lipinski definition) is 2. The summed E-state index contributed by atoms with van der Waals surface area (Å²) in [6.07, 6.45) is 6.55. The van der Waals surface area contributed by atoms with Gasteiger partial charge in [-0.15, -0.1) is 0 Å². The molecule has 1 aromatic carbocycles. The van der Waals surface area contributed by atoms with E-state index in [0.29, 0.717) is 6.04 Å². The number of nitrogens with zero attached hydrogens (tertiary/aromatic N) is 1. The molecule has 1 unspecified atom stereocenters. The molecule has 2 nitrogen and oxygen atoms in total. The second-order valence-corrected chi connectivity index (χ2v) is 5.59. The van der Waals surface area contributed by atoms with Crippen molar-refractivity contribution in [2.45, 2.75) is 45.6 Å². The Kier molecular flexibility index (Phi) is 6.42. The van der Waals surface area contributed by atoms with Gasteiger partial charge in [-0.2, -0.15) is 0 Å². The topological polar surface area (TPSA) is 24.9 Å². The van der Waals surface area contributed by atoms with Crippen molar-refractivity contribution < 1.29 is 0 Å². The number of pyridine rings is 1. The molecule has 0 aliphatic heterocycles. The highest BCUT2D eigenvalue weighted by Crippen LogP contribution is 2.14. The van der Waals surface area contributed by atoms with Crippen LogP contribution in [0.15, 0.2) is 48.7 Å². The average molecular weight is 282 g/mol.